The van der Waals surface area contributed by atoms with Crippen molar-refractivity contribution in [3.05, 3.63) is 266 Å². The molecule has 0 radical (unpaired) electrons. The molecular formula is C72H56N6. The first-order valence-corrected chi connectivity index (χ1v) is 27.3. The molecule has 0 N–H and O–H groups in total. The smallest absolute Gasteiger partial charge is 0.0973 e. The van der Waals surface area contributed by atoms with Crippen LogP contribution in [-0.4, -0.2) is 19.1 Å². The molecule has 0 unspecified atom stereocenters. The van der Waals surface area contributed by atoms with E-state index >= 15 is 0 Å². The zero-order valence-corrected chi connectivity index (χ0v) is 43.8. The van der Waals surface area contributed by atoms with E-state index in [4.69, 9.17) is 9.97 Å². The van der Waals surface area contributed by atoms with E-state index in [1.54, 1.807) is 0 Å². The molecule has 0 atom stereocenters. The Bertz CT molecular complexity index is 4440. The molecular weight excluding hydrogens is 949 g/mol. The van der Waals surface area contributed by atoms with Gasteiger partial charge in [-0.05, 0) is 152 Å². The van der Waals surface area contributed by atoms with Gasteiger partial charge in [0.25, 0.3) is 0 Å². The fraction of sp³-hybridized carbons (Fsp3) is 0.0833. The third-order valence-corrected chi connectivity index (χ3v) is 15.7. The number of fused-ring (bicyclic) bond motifs is 7. The number of rotatable bonds is 12. The molecule has 3 heterocycles. The SMILES string of the molecule is CCc1ccc(CC)c2nc(-c3ccc(N(c4ccccc4)c4ccc5c(c4)c4ccccc4n5-c4ccccc4)cc3)c(-c3ccc(N(c4ccccc4)c4ccc5c(c4)c4ccccc4n5C4=CC=CCC4)cc3)nc12. The lowest BCUT2D eigenvalue weighted by molar-refractivity contribution is 0.979. The van der Waals surface area contributed by atoms with Gasteiger partial charge in [-0.3, -0.25) is 0 Å². The van der Waals surface area contributed by atoms with E-state index in [1.165, 1.54) is 60.4 Å². The lowest BCUT2D eigenvalue weighted by atomic mass is 9.99. The van der Waals surface area contributed by atoms with Crippen molar-refractivity contribution in [2.24, 2.45) is 0 Å². The molecule has 0 saturated heterocycles. The number of aromatic nitrogens is 4. The van der Waals surface area contributed by atoms with E-state index in [0.717, 1.165) is 99.0 Å². The van der Waals surface area contributed by atoms with Crippen LogP contribution < -0.4 is 9.80 Å². The third-order valence-electron chi connectivity index (χ3n) is 15.7. The number of para-hydroxylation sites is 5. The molecule has 10 aromatic carbocycles. The zero-order chi connectivity index (χ0) is 52.1. The second-order valence-electron chi connectivity index (χ2n) is 20.2. The van der Waals surface area contributed by atoms with Gasteiger partial charge in [0, 0.05) is 78.2 Å². The number of aryl methyl sites for hydroxylation is 2. The predicted molar refractivity (Wildman–Crippen MR) is 329 cm³/mol. The van der Waals surface area contributed by atoms with E-state index < -0.39 is 0 Å². The predicted octanol–water partition coefficient (Wildman–Crippen LogP) is 19.4. The van der Waals surface area contributed by atoms with Crippen LogP contribution in [0.3, 0.4) is 0 Å². The molecule has 0 spiro atoms. The highest BCUT2D eigenvalue weighted by Crippen LogP contribution is 2.44. The highest BCUT2D eigenvalue weighted by atomic mass is 15.1. The molecule has 0 aliphatic heterocycles. The summed E-state index contributed by atoms with van der Waals surface area (Å²) in [5.41, 5.74) is 21.8. The largest absolute Gasteiger partial charge is 0.313 e. The first-order chi connectivity index (χ1) is 38.6. The van der Waals surface area contributed by atoms with Crippen LogP contribution in [0.25, 0.3) is 88.5 Å². The Morgan fingerprint density at radius 3 is 1.27 bits per heavy atom. The van der Waals surface area contributed by atoms with Crippen molar-refractivity contribution in [3.8, 4) is 28.2 Å². The summed E-state index contributed by atoms with van der Waals surface area (Å²) in [6.45, 7) is 4.41. The minimum Gasteiger partial charge on any atom is -0.313 e. The summed E-state index contributed by atoms with van der Waals surface area (Å²) in [6, 6.07) is 85.7. The molecule has 0 amide bonds. The van der Waals surface area contributed by atoms with Gasteiger partial charge in [-0.2, -0.15) is 0 Å². The Balaban J connectivity index is 0.881. The van der Waals surface area contributed by atoms with Crippen molar-refractivity contribution in [3.63, 3.8) is 0 Å². The Morgan fingerprint density at radius 2 is 0.795 bits per heavy atom. The van der Waals surface area contributed by atoms with Crippen LogP contribution in [-0.2, 0) is 12.8 Å². The summed E-state index contributed by atoms with van der Waals surface area (Å²) < 4.78 is 4.82. The van der Waals surface area contributed by atoms with Crippen LogP contribution in [0.1, 0.15) is 37.8 Å². The van der Waals surface area contributed by atoms with Crippen LogP contribution in [0, 0.1) is 0 Å². The Morgan fingerprint density at radius 1 is 0.385 bits per heavy atom. The summed E-state index contributed by atoms with van der Waals surface area (Å²) in [7, 11) is 0. The number of allylic oxidation sites excluding steroid dienone is 4. The monoisotopic (exact) mass is 1000 g/mol. The summed E-state index contributed by atoms with van der Waals surface area (Å²) >= 11 is 0. The number of hydrogen-bond acceptors (Lipinski definition) is 4. The molecule has 3 aromatic heterocycles. The van der Waals surface area contributed by atoms with Crippen LogP contribution in [0.15, 0.2) is 255 Å². The van der Waals surface area contributed by atoms with Crippen LogP contribution in [0.5, 0.6) is 0 Å². The molecule has 374 valence electrons. The van der Waals surface area contributed by atoms with Gasteiger partial charge in [-0.1, -0.05) is 153 Å². The number of benzene rings is 10. The summed E-state index contributed by atoms with van der Waals surface area (Å²) in [5, 5.41) is 4.90. The van der Waals surface area contributed by atoms with E-state index in [2.05, 4.69) is 288 Å². The average molecular weight is 1010 g/mol. The second kappa shape index (κ2) is 19.7. The van der Waals surface area contributed by atoms with Gasteiger partial charge in [0.1, 0.15) is 0 Å². The summed E-state index contributed by atoms with van der Waals surface area (Å²) in [5.74, 6) is 0. The average Bonchev–Trinajstić information content (AvgIpc) is 4.19. The lowest BCUT2D eigenvalue weighted by Gasteiger charge is -2.26. The maximum Gasteiger partial charge on any atom is 0.0973 e. The molecule has 6 nitrogen and oxygen atoms in total. The number of anilines is 6. The standard InChI is InChI=1S/C72H56N6/c1-3-49-33-34-50(4-2)70-69(49)73-71(51-35-39-57(40-36-51)75(53-21-9-5-10-22-53)59-43-45-67-63(47-59)61-29-17-19-31-65(61)77(67)55-25-13-7-14-26-55)72(74-70)52-37-41-58(42-38-52)76(54-23-11-6-12-24-54)60-44-46-68-64(48-60)62-30-18-20-32-66(62)78(68)56-27-15-8-16-28-56/h5-15,17-27,29-48H,3-4,16,28H2,1-2H3. The third kappa shape index (κ3) is 8.04. The Kier molecular flexibility index (Phi) is 11.8. The van der Waals surface area contributed by atoms with Crippen molar-refractivity contribution in [2.45, 2.75) is 39.5 Å². The quantitative estimate of drug-likeness (QED) is 0.122. The topological polar surface area (TPSA) is 42.1 Å². The van der Waals surface area contributed by atoms with Gasteiger partial charge in [0.15, 0.2) is 0 Å². The van der Waals surface area contributed by atoms with Crippen molar-refractivity contribution in [1.29, 1.82) is 0 Å². The van der Waals surface area contributed by atoms with E-state index in [0.29, 0.717) is 0 Å². The molecule has 6 heteroatoms. The molecule has 13 aromatic rings. The first-order valence-electron chi connectivity index (χ1n) is 27.3. The van der Waals surface area contributed by atoms with E-state index in [-0.39, 0.29) is 0 Å². The molecule has 0 saturated carbocycles. The van der Waals surface area contributed by atoms with Crippen molar-refractivity contribution < 1.29 is 0 Å². The van der Waals surface area contributed by atoms with Crippen molar-refractivity contribution >= 4 is 94.5 Å². The van der Waals surface area contributed by atoms with Crippen LogP contribution >= 0.6 is 0 Å². The Labute approximate surface area is 454 Å². The van der Waals surface area contributed by atoms with Gasteiger partial charge in [0.2, 0.25) is 0 Å². The summed E-state index contributed by atoms with van der Waals surface area (Å²) in [4.78, 5) is 16.0. The molecule has 14 rings (SSSR count). The summed E-state index contributed by atoms with van der Waals surface area (Å²) in [6.07, 6.45) is 10.5. The first kappa shape index (κ1) is 46.7. The van der Waals surface area contributed by atoms with Gasteiger partial charge in [0.05, 0.1) is 44.5 Å². The maximum atomic E-state index is 5.63. The maximum absolute atomic E-state index is 5.63. The van der Waals surface area contributed by atoms with Crippen LogP contribution in [0.4, 0.5) is 34.1 Å². The highest BCUT2D eigenvalue weighted by molar-refractivity contribution is 6.12. The number of nitrogens with zero attached hydrogens (tertiary/aromatic N) is 6. The van der Waals surface area contributed by atoms with Crippen molar-refractivity contribution in [1.82, 2.24) is 19.1 Å². The van der Waals surface area contributed by atoms with Gasteiger partial charge in [-0.15, -0.1) is 0 Å². The molecule has 0 fully saturated rings. The Hall–Kier alpha value is -9.78. The molecule has 0 bridgehead atoms. The molecule has 78 heavy (non-hydrogen) atoms. The minimum atomic E-state index is 0.858. The van der Waals surface area contributed by atoms with E-state index in [1.807, 2.05) is 0 Å². The van der Waals surface area contributed by atoms with Crippen molar-refractivity contribution in [2.75, 3.05) is 9.80 Å². The second-order valence-corrected chi connectivity index (χ2v) is 20.2. The normalized spacial score (nSPS) is 12.5. The fourth-order valence-corrected chi connectivity index (χ4v) is 11.9. The van der Waals surface area contributed by atoms with Gasteiger partial charge < -0.3 is 18.9 Å². The van der Waals surface area contributed by atoms with Gasteiger partial charge >= 0.3 is 0 Å². The molecule has 1 aliphatic rings. The van der Waals surface area contributed by atoms with Crippen LogP contribution in [0.2, 0.25) is 0 Å². The zero-order valence-electron chi connectivity index (χ0n) is 43.8. The number of hydrogen-bond donors (Lipinski definition) is 0. The van der Waals surface area contributed by atoms with Gasteiger partial charge in [-0.25, -0.2) is 9.97 Å². The molecule has 1 aliphatic carbocycles. The minimum absolute atomic E-state index is 0.858. The fourth-order valence-electron chi connectivity index (χ4n) is 11.9. The van der Waals surface area contributed by atoms with E-state index in [9.17, 15) is 0 Å². The lowest BCUT2D eigenvalue weighted by Crippen LogP contribution is -2.10. The highest BCUT2D eigenvalue weighted by Gasteiger charge is 2.23.